The molecule has 1 fully saturated rings. The average molecular weight is 428 g/mol. The molecule has 4 heteroatoms. The van der Waals surface area contributed by atoms with Gasteiger partial charge < -0.3 is 9.84 Å². The number of aliphatic hydroxyl groups excluding tert-OH is 1. The fourth-order valence-corrected chi connectivity index (χ4v) is 4.45. The summed E-state index contributed by atoms with van der Waals surface area (Å²) in [6.45, 7) is 1.90. The second-order valence-corrected chi connectivity index (χ2v) is 8.50. The molecule has 0 saturated heterocycles. The molecule has 3 aromatic carbocycles. The van der Waals surface area contributed by atoms with Crippen molar-refractivity contribution in [2.75, 3.05) is 0 Å². The zero-order valence-corrected chi connectivity index (χ0v) is 18.4. The van der Waals surface area contributed by atoms with Gasteiger partial charge in [-0.15, -0.1) is 0 Å². The van der Waals surface area contributed by atoms with Crippen molar-refractivity contribution in [1.82, 2.24) is 0 Å². The topological polar surface area (TPSA) is 58.9 Å². The molecule has 1 aliphatic carbocycles. The smallest absolute Gasteiger partial charge is 0.315 e. The van der Waals surface area contributed by atoms with Gasteiger partial charge in [0.15, 0.2) is 0 Å². The third-order valence-corrected chi connectivity index (χ3v) is 6.35. The summed E-state index contributed by atoms with van der Waals surface area (Å²) in [5.41, 5.74) is 3.00. The Hall–Kier alpha value is -3.24. The second-order valence-electron chi connectivity index (χ2n) is 8.50. The van der Waals surface area contributed by atoms with Crippen molar-refractivity contribution in [3.63, 3.8) is 0 Å². The van der Waals surface area contributed by atoms with Crippen LogP contribution < -0.4 is 0 Å². The number of nitrogens with zero attached hydrogens (tertiary/aromatic N) is 1. The largest absolute Gasteiger partial charge is 0.460 e. The summed E-state index contributed by atoms with van der Waals surface area (Å²) in [6, 6.07) is 29.8. The first kappa shape index (κ1) is 22.0. The number of benzene rings is 3. The van der Waals surface area contributed by atoms with Crippen LogP contribution in [0.5, 0.6) is 0 Å². The molecule has 0 bridgehead atoms. The van der Waals surface area contributed by atoms with Crippen molar-refractivity contribution in [2.24, 2.45) is 10.4 Å². The minimum absolute atomic E-state index is 0.0655. The number of carbonyl (C=O) groups is 1. The van der Waals surface area contributed by atoms with Gasteiger partial charge in [0.25, 0.3) is 0 Å². The molecule has 0 aliphatic heterocycles. The number of hydrogen-bond donors (Lipinski definition) is 1. The second kappa shape index (κ2) is 9.92. The predicted octanol–water partition coefficient (Wildman–Crippen LogP) is 5.19. The van der Waals surface area contributed by atoms with Crippen LogP contribution in [0, 0.1) is 5.41 Å². The van der Waals surface area contributed by atoms with Crippen LogP contribution in [0.2, 0.25) is 0 Å². The van der Waals surface area contributed by atoms with Crippen LogP contribution in [0.15, 0.2) is 96.0 Å². The van der Waals surface area contributed by atoms with E-state index >= 15 is 0 Å². The number of hydrogen-bond acceptors (Lipinski definition) is 4. The molecule has 0 amide bonds. The first-order chi connectivity index (χ1) is 15.6. The van der Waals surface area contributed by atoms with E-state index in [1.807, 2.05) is 66.7 Å². The Morgan fingerprint density at radius 3 is 2.03 bits per heavy atom. The lowest BCUT2D eigenvalue weighted by Crippen LogP contribution is -2.40. The molecule has 1 unspecified atom stereocenters. The van der Waals surface area contributed by atoms with Crippen LogP contribution in [0.25, 0.3) is 0 Å². The Kier molecular flexibility index (Phi) is 6.81. The van der Waals surface area contributed by atoms with Crippen LogP contribution in [0.4, 0.5) is 0 Å². The molecule has 4 nitrogen and oxygen atoms in total. The lowest BCUT2D eigenvalue weighted by molar-refractivity contribution is -0.164. The van der Waals surface area contributed by atoms with Crippen LogP contribution in [0.1, 0.15) is 42.9 Å². The van der Waals surface area contributed by atoms with Crippen molar-refractivity contribution in [2.45, 2.75) is 44.9 Å². The maximum absolute atomic E-state index is 13.1. The molecule has 3 atom stereocenters. The number of ether oxygens (including phenoxy) is 1. The lowest BCUT2D eigenvalue weighted by Gasteiger charge is -2.29. The van der Waals surface area contributed by atoms with Crippen molar-refractivity contribution >= 4 is 11.7 Å². The Bertz CT molecular complexity index is 1010. The van der Waals surface area contributed by atoms with Crippen LogP contribution in [-0.4, -0.2) is 28.9 Å². The first-order valence-corrected chi connectivity index (χ1v) is 11.2. The van der Waals surface area contributed by atoms with Gasteiger partial charge in [-0.1, -0.05) is 91.0 Å². The average Bonchev–Trinajstić information content (AvgIpc) is 3.28. The molecule has 0 spiro atoms. The van der Waals surface area contributed by atoms with Gasteiger partial charge >= 0.3 is 5.97 Å². The van der Waals surface area contributed by atoms with E-state index in [1.165, 1.54) is 0 Å². The van der Waals surface area contributed by atoms with E-state index in [2.05, 4.69) is 24.3 Å². The molecule has 32 heavy (non-hydrogen) atoms. The highest BCUT2D eigenvalue weighted by molar-refractivity contribution is 6.13. The molecule has 164 valence electrons. The fourth-order valence-electron chi connectivity index (χ4n) is 4.45. The van der Waals surface area contributed by atoms with Gasteiger partial charge in [0, 0.05) is 11.1 Å². The van der Waals surface area contributed by atoms with Crippen LogP contribution in [-0.2, 0) is 16.1 Å². The predicted molar refractivity (Wildman–Crippen MR) is 127 cm³/mol. The molecular formula is C28H29NO3. The van der Waals surface area contributed by atoms with E-state index < -0.39 is 11.5 Å². The summed E-state index contributed by atoms with van der Waals surface area (Å²) in [5, 5.41) is 10.6. The highest BCUT2D eigenvalue weighted by Crippen LogP contribution is 2.44. The Balaban J connectivity index is 1.57. The third-order valence-electron chi connectivity index (χ3n) is 6.35. The summed E-state index contributed by atoms with van der Waals surface area (Å²) >= 11 is 0. The number of aliphatic imine (C=N–C) groups is 1. The van der Waals surface area contributed by atoms with E-state index in [0.717, 1.165) is 28.8 Å². The maximum Gasteiger partial charge on any atom is 0.315 e. The summed E-state index contributed by atoms with van der Waals surface area (Å²) < 4.78 is 5.65. The van der Waals surface area contributed by atoms with Gasteiger partial charge in [-0.25, -0.2) is 0 Å². The normalized spacial score (nSPS) is 21.0. The van der Waals surface area contributed by atoms with Gasteiger partial charge in [-0.05, 0) is 31.7 Å². The Morgan fingerprint density at radius 1 is 0.969 bits per heavy atom. The number of rotatable bonds is 7. The number of esters is 1. The van der Waals surface area contributed by atoms with Crippen molar-refractivity contribution < 1.29 is 14.6 Å². The highest BCUT2D eigenvalue weighted by atomic mass is 16.5. The van der Waals surface area contributed by atoms with Gasteiger partial charge in [0.1, 0.15) is 6.61 Å². The molecule has 3 aromatic rings. The Labute approximate surface area is 189 Å². The van der Waals surface area contributed by atoms with Gasteiger partial charge in [0.2, 0.25) is 0 Å². The van der Waals surface area contributed by atoms with Gasteiger partial charge in [0.05, 0.1) is 23.3 Å². The summed E-state index contributed by atoms with van der Waals surface area (Å²) in [7, 11) is 0. The van der Waals surface area contributed by atoms with Gasteiger partial charge in [-0.2, -0.15) is 0 Å². The van der Waals surface area contributed by atoms with Crippen LogP contribution >= 0.6 is 0 Å². The SMILES string of the molecule is CC(O)[C@]1(C(=O)OCc2ccccc2)CC[C@@H](N=C(c2ccccc2)c2ccccc2)C1. The standard InChI is InChI=1S/C28H29NO3/c1-21(30)28(27(31)32-20-22-11-5-2-6-12-22)18-17-25(19-28)29-26(23-13-7-3-8-14-23)24-15-9-4-10-16-24/h2-16,21,25,30H,17-20H2,1H3/t21?,25-,28+/m1/s1. The molecule has 4 rings (SSSR count). The summed E-state index contributed by atoms with van der Waals surface area (Å²) in [4.78, 5) is 18.2. The van der Waals surface area contributed by atoms with Gasteiger partial charge in [-0.3, -0.25) is 9.79 Å². The van der Waals surface area contributed by atoms with Crippen LogP contribution in [0.3, 0.4) is 0 Å². The first-order valence-electron chi connectivity index (χ1n) is 11.2. The lowest BCUT2D eigenvalue weighted by atomic mass is 9.81. The zero-order chi connectivity index (χ0) is 22.4. The fraction of sp³-hybridized carbons (Fsp3) is 0.286. The minimum atomic E-state index is -0.929. The molecule has 0 heterocycles. The molecule has 1 aliphatic rings. The Morgan fingerprint density at radius 2 is 1.50 bits per heavy atom. The van der Waals surface area contributed by atoms with E-state index in [9.17, 15) is 9.90 Å². The maximum atomic E-state index is 13.1. The van der Waals surface area contributed by atoms with E-state index in [-0.39, 0.29) is 18.6 Å². The van der Waals surface area contributed by atoms with Crippen molar-refractivity contribution in [3.05, 3.63) is 108 Å². The molecule has 1 N–H and O–H groups in total. The molecule has 1 saturated carbocycles. The summed E-state index contributed by atoms with van der Waals surface area (Å²) in [5.74, 6) is -0.338. The van der Waals surface area contributed by atoms with Crippen molar-refractivity contribution in [1.29, 1.82) is 0 Å². The van der Waals surface area contributed by atoms with E-state index in [4.69, 9.17) is 9.73 Å². The van der Waals surface area contributed by atoms with Crippen molar-refractivity contribution in [3.8, 4) is 0 Å². The van der Waals surface area contributed by atoms with E-state index in [1.54, 1.807) is 6.92 Å². The highest BCUT2D eigenvalue weighted by Gasteiger charge is 2.50. The quantitative estimate of drug-likeness (QED) is 0.417. The third kappa shape index (κ3) is 4.81. The number of carbonyl (C=O) groups excluding carboxylic acids is 1. The zero-order valence-electron chi connectivity index (χ0n) is 18.4. The molecule has 0 radical (unpaired) electrons. The monoisotopic (exact) mass is 427 g/mol. The molecule has 0 aromatic heterocycles. The minimum Gasteiger partial charge on any atom is -0.460 e. The van der Waals surface area contributed by atoms with E-state index in [0.29, 0.717) is 12.8 Å². The molecular weight excluding hydrogens is 398 g/mol. The number of aliphatic hydroxyl groups is 1. The summed E-state index contributed by atoms with van der Waals surface area (Å²) in [6.07, 6.45) is 0.960.